The molecule has 0 aliphatic heterocycles. The first-order chi connectivity index (χ1) is 22.2. The molecular weight excluding hydrogens is 598 g/mol. The normalized spacial score (nSPS) is 30.4. The number of fused-ring (bicyclic) bond motifs is 1. The van der Waals surface area contributed by atoms with Crippen LogP contribution in [0.25, 0.3) is 0 Å². The Hall–Kier alpha value is -4.12. The fourth-order valence-electron chi connectivity index (χ4n) is 7.75. The van der Waals surface area contributed by atoms with Gasteiger partial charge in [0.25, 0.3) is 5.56 Å². The average Bonchev–Trinajstić information content (AvgIpc) is 3.45. The van der Waals surface area contributed by atoms with E-state index in [-0.39, 0.29) is 42.5 Å². The Kier molecular flexibility index (Phi) is 10.9. The van der Waals surface area contributed by atoms with Crippen molar-refractivity contribution in [2.24, 2.45) is 50.4 Å². The minimum absolute atomic E-state index is 0.0215. The van der Waals surface area contributed by atoms with E-state index in [0.717, 1.165) is 12.0 Å². The number of aliphatic imine (C=N–C) groups is 1. The lowest BCUT2D eigenvalue weighted by Gasteiger charge is -2.54. The van der Waals surface area contributed by atoms with Crippen molar-refractivity contribution in [1.82, 2.24) is 9.55 Å². The minimum Gasteiger partial charge on any atom is -0.460 e. The zero-order valence-electron chi connectivity index (χ0n) is 28.4. The number of esters is 1. The lowest BCUT2D eigenvalue weighted by Crippen LogP contribution is -2.57. The first-order valence-electron chi connectivity index (χ1n) is 16.4. The van der Waals surface area contributed by atoms with E-state index in [2.05, 4.69) is 42.4 Å². The molecule has 0 saturated heterocycles. The van der Waals surface area contributed by atoms with E-state index < -0.39 is 40.3 Å². The van der Waals surface area contributed by atoms with Gasteiger partial charge in [0.05, 0.1) is 18.9 Å². The van der Waals surface area contributed by atoms with Crippen LogP contribution in [0.15, 0.2) is 62.8 Å². The Morgan fingerprint density at radius 2 is 1.94 bits per heavy atom. The van der Waals surface area contributed by atoms with Crippen LogP contribution in [0.4, 0.5) is 0 Å². The number of aryl methyl sites for hydroxylation is 1. The molecule has 0 bridgehead atoms. The summed E-state index contributed by atoms with van der Waals surface area (Å²) >= 11 is 0. The molecule has 5 unspecified atom stereocenters. The minimum atomic E-state index is -0.740. The number of hydrogen-bond donors (Lipinski definition) is 3. The van der Waals surface area contributed by atoms with Crippen molar-refractivity contribution < 1.29 is 19.4 Å². The number of carbonyl (C=O) groups is 2. The standard InChI is InChI=1S/C36H49N5O6/c1-8-22(4)36(7)29(16-35(6,9-2)32(44)23(5)26-14-15-28(42)31(26)36)47-30(43)18-38-17-27(40-37)25-12-10-24(11-13-25)20-41-19-21(3)33(45)39-34(41)46/h9-13,17,19,22-23,26,29,31-32,44H,2,8,14-16,18,20,37H2,1,3-7H3,(H,39,45,46)/t22?,23?,26?,29?,31?,32-,35+,36-/m0/s1. The molecule has 2 fully saturated rings. The molecule has 0 radical (unpaired) electrons. The number of carbonyl (C=O) groups excluding carboxylic acids is 2. The first kappa shape index (κ1) is 35.7. The maximum absolute atomic E-state index is 13.5. The number of ketones is 1. The lowest BCUT2D eigenvalue weighted by atomic mass is 9.53. The number of aromatic nitrogens is 2. The third-order valence-corrected chi connectivity index (χ3v) is 11.1. The Morgan fingerprint density at radius 3 is 2.55 bits per heavy atom. The molecular formula is C36H49N5O6. The summed E-state index contributed by atoms with van der Waals surface area (Å²) in [7, 11) is 0. The second kappa shape index (κ2) is 14.3. The second-order valence-electron chi connectivity index (χ2n) is 13.9. The van der Waals surface area contributed by atoms with Gasteiger partial charge < -0.3 is 15.7 Å². The van der Waals surface area contributed by atoms with E-state index in [1.807, 2.05) is 26.0 Å². The number of aliphatic hydroxyl groups excluding tert-OH is 1. The topological polar surface area (TPSA) is 169 Å². The number of hydrogen-bond acceptors (Lipinski definition) is 9. The van der Waals surface area contributed by atoms with Gasteiger partial charge in [-0.25, -0.2) is 4.79 Å². The maximum Gasteiger partial charge on any atom is 0.328 e. The van der Waals surface area contributed by atoms with Crippen molar-refractivity contribution in [2.45, 2.75) is 86.0 Å². The third kappa shape index (κ3) is 7.10. The van der Waals surface area contributed by atoms with Gasteiger partial charge in [-0.2, -0.15) is 5.10 Å². The van der Waals surface area contributed by atoms with Crippen LogP contribution in [0.1, 0.15) is 77.0 Å². The Labute approximate surface area is 276 Å². The summed E-state index contributed by atoms with van der Waals surface area (Å²) in [6.07, 6.45) is 5.61. The molecule has 8 atom stereocenters. The van der Waals surface area contributed by atoms with Gasteiger partial charge in [0.2, 0.25) is 0 Å². The number of aliphatic hydroxyl groups is 1. The van der Waals surface area contributed by atoms with Gasteiger partial charge in [-0.3, -0.25) is 28.9 Å². The van der Waals surface area contributed by atoms with Gasteiger partial charge in [0.15, 0.2) is 0 Å². The summed E-state index contributed by atoms with van der Waals surface area (Å²) in [5.41, 5.74) is -0.0339. The molecule has 2 aliphatic rings. The number of H-pyrrole nitrogens is 1. The monoisotopic (exact) mass is 647 g/mol. The highest BCUT2D eigenvalue weighted by Crippen LogP contribution is 2.57. The molecule has 1 heterocycles. The molecule has 1 aromatic heterocycles. The van der Waals surface area contributed by atoms with E-state index in [0.29, 0.717) is 36.1 Å². The highest BCUT2D eigenvalue weighted by Gasteiger charge is 2.60. The van der Waals surface area contributed by atoms with Crippen molar-refractivity contribution in [3.05, 3.63) is 80.6 Å². The molecule has 47 heavy (non-hydrogen) atoms. The lowest BCUT2D eigenvalue weighted by molar-refractivity contribution is -0.179. The fourth-order valence-corrected chi connectivity index (χ4v) is 7.75. The van der Waals surface area contributed by atoms with Crippen molar-refractivity contribution in [3.63, 3.8) is 0 Å². The summed E-state index contributed by atoms with van der Waals surface area (Å²) in [6.45, 7) is 15.9. The molecule has 2 aromatic rings. The number of ether oxygens (including phenoxy) is 1. The predicted octanol–water partition coefficient (Wildman–Crippen LogP) is 3.78. The largest absolute Gasteiger partial charge is 0.460 e. The third-order valence-electron chi connectivity index (χ3n) is 11.1. The molecule has 2 aliphatic carbocycles. The molecule has 11 nitrogen and oxygen atoms in total. The first-order valence-corrected chi connectivity index (χ1v) is 16.4. The zero-order valence-corrected chi connectivity index (χ0v) is 28.4. The summed E-state index contributed by atoms with van der Waals surface area (Å²) < 4.78 is 7.65. The zero-order chi connectivity index (χ0) is 34.7. The number of benzene rings is 1. The van der Waals surface area contributed by atoms with E-state index in [4.69, 9.17) is 10.6 Å². The number of nitrogens with one attached hydrogen (secondary N) is 1. The van der Waals surface area contributed by atoms with Crippen LogP contribution in [-0.4, -0.2) is 57.1 Å². The molecule has 254 valence electrons. The Bertz CT molecular complexity index is 1660. The molecule has 0 spiro atoms. The van der Waals surface area contributed by atoms with E-state index in [1.54, 1.807) is 25.1 Å². The summed E-state index contributed by atoms with van der Waals surface area (Å²) in [5, 5.41) is 15.3. The van der Waals surface area contributed by atoms with E-state index >= 15 is 0 Å². The summed E-state index contributed by atoms with van der Waals surface area (Å²) in [4.78, 5) is 57.3. The van der Waals surface area contributed by atoms with Gasteiger partial charge in [-0.05, 0) is 43.1 Å². The molecule has 0 amide bonds. The Morgan fingerprint density at radius 1 is 1.26 bits per heavy atom. The van der Waals surface area contributed by atoms with E-state index in [1.165, 1.54) is 17.0 Å². The molecule has 4 rings (SSSR count). The van der Waals surface area contributed by atoms with Crippen LogP contribution in [0.3, 0.4) is 0 Å². The second-order valence-corrected chi connectivity index (χ2v) is 13.9. The van der Waals surface area contributed by atoms with Crippen LogP contribution < -0.4 is 17.1 Å². The quantitative estimate of drug-likeness (QED) is 0.116. The number of nitrogens with zero attached hydrogens (tertiary/aromatic N) is 3. The van der Waals surface area contributed by atoms with Gasteiger partial charge in [-0.15, -0.1) is 6.58 Å². The van der Waals surface area contributed by atoms with Gasteiger partial charge in [0.1, 0.15) is 24.1 Å². The number of rotatable bonds is 10. The van der Waals surface area contributed by atoms with Crippen molar-refractivity contribution in [1.29, 1.82) is 0 Å². The highest BCUT2D eigenvalue weighted by molar-refractivity contribution is 6.38. The number of aromatic amines is 1. The molecule has 2 saturated carbocycles. The number of hydrazone groups is 1. The van der Waals surface area contributed by atoms with Crippen LogP contribution >= 0.6 is 0 Å². The summed E-state index contributed by atoms with van der Waals surface area (Å²) in [6, 6.07) is 7.17. The van der Waals surface area contributed by atoms with Crippen molar-refractivity contribution in [3.8, 4) is 0 Å². The molecule has 1 aromatic carbocycles. The predicted molar refractivity (Wildman–Crippen MR) is 182 cm³/mol. The summed E-state index contributed by atoms with van der Waals surface area (Å²) in [5.74, 6) is 4.90. The van der Waals surface area contributed by atoms with Crippen LogP contribution in [0.5, 0.6) is 0 Å². The van der Waals surface area contributed by atoms with E-state index in [9.17, 15) is 24.3 Å². The molecule has 4 N–H and O–H groups in total. The van der Waals surface area contributed by atoms with Crippen LogP contribution in [0, 0.1) is 41.4 Å². The smallest absolute Gasteiger partial charge is 0.328 e. The van der Waals surface area contributed by atoms with Gasteiger partial charge >= 0.3 is 11.7 Å². The Balaban J connectivity index is 1.52. The van der Waals surface area contributed by atoms with Crippen molar-refractivity contribution >= 4 is 23.7 Å². The SMILES string of the molecule is C=C[C@]1(C)CC(OC(=O)CN=CC(=NN)c2ccc(Cn3cc(C)c(=O)[nH]c3=O)cc2)[C@](C)(C(C)CC)C2C(=O)CCC2C(C)[C@@H]1O. The fraction of sp³-hybridized carbons (Fsp3) is 0.556. The molecule has 11 heteroatoms. The highest BCUT2D eigenvalue weighted by atomic mass is 16.5. The van der Waals surface area contributed by atoms with Gasteiger partial charge in [0, 0.05) is 40.5 Å². The maximum atomic E-state index is 13.5. The van der Waals surface area contributed by atoms with Gasteiger partial charge in [-0.1, -0.05) is 71.4 Å². The van der Waals surface area contributed by atoms with Crippen LogP contribution in [-0.2, 0) is 20.9 Å². The number of nitrogens with two attached hydrogens (primary N) is 1. The number of Topliss-reactive ketones (excluding diaryl/α,β-unsaturated/α-hetero) is 1. The average molecular weight is 648 g/mol. The van der Waals surface area contributed by atoms with Crippen molar-refractivity contribution in [2.75, 3.05) is 6.54 Å². The van der Waals surface area contributed by atoms with Crippen LogP contribution in [0.2, 0.25) is 0 Å².